The van der Waals surface area contributed by atoms with E-state index in [0.717, 1.165) is 12.8 Å². The maximum absolute atomic E-state index is 11.4. The molecule has 5 heteroatoms. The molecule has 2 rings (SSSR count). The third-order valence-electron chi connectivity index (χ3n) is 3.92. The van der Waals surface area contributed by atoms with Crippen LogP contribution in [0.5, 0.6) is 0 Å². The van der Waals surface area contributed by atoms with Crippen LogP contribution >= 0.6 is 0 Å². The first-order valence-electron chi connectivity index (χ1n) is 7.30. The van der Waals surface area contributed by atoms with E-state index >= 15 is 0 Å². The van der Waals surface area contributed by atoms with Crippen LogP contribution in [-0.4, -0.2) is 26.6 Å². The normalized spacial score (nSPS) is 18.0. The van der Waals surface area contributed by atoms with Gasteiger partial charge in [-0.05, 0) is 19.8 Å². The molecule has 1 aromatic rings. The zero-order chi connectivity index (χ0) is 14.8. The highest BCUT2D eigenvalue weighted by molar-refractivity contribution is 5.91. The first-order valence-corrected chi connectivity index (χ1v) is 7.30. The average Bonchev–Trinajstić information content (AvgIpc) is 2.39. The Labute approximate surface area is 119 Å². The van der Waals surface area contributed by atoms with Gasteiger partial charge in [0.05, 0.1) is 11.9 Å². The Balaban J connectivity index is 2.28. The van der Waals surface area contributed by atoms with E-state index in [1.807, 2.05) is 13.8 Å². The summed E-state index contributed by atoms with van der Waals surface area (Å²) in [6, 6.07) is 0. The maximum Gasteiger partial charge on any atom is 0.356 e. The molecule has 20 heavy (non-hydrogen) atoms. The van der Waals surface area contributed by atoms with Crippen LogP contribution in [0.15, 0.2) is 6.20 Å². The lowest BCUT2D eigenvalue weighted by Crippen LogP contribution is -2.37. The molecule has 0 aliphatic heterocycles. The summed E-state index contributed by atoms with van der Waals surface area (Å²) >= 11 is 0. The highest BCUT2D eigenvalue weighted by Crippen LogP contribution is 2.32. The van der Waals surface area contributed by atoms with E-state index in [-0.39, 0.29) is 17.2 Å². The van der Waals surface area contributed by atoms with Crippen LogP contribution < -0.4 is 5.32 Å². The molecule has 1 aliphatic rings. The number of anilines is 1. The minimum atomic E-state index is -1.00. The molecule has 1 saturated carbocycles. The summed E-state index contributed by atoms with van der Waals surface area (Å²) in [6.07, 6.45) is 7.33. The van der Waals surface area contributed by atoms with Crippen molar-refractivity contribution in [1.29, 1.82) is 0 Å². The number of rotatable bonds is 4. The second-order valence-electron chi connectivity index (χ2n) is 6.20. The van der Waals surface area contributed by atoms with Gasteiger partial charge in [-0.2, -0.15) is 0 Å². The lowest BCUT2D eigenvalue weighted by molar-refractivity contribution is 0.0691. The summed E-state index contributed by atoms with van der Waals surface area (Å²) in [5.74, 6) is -0.314. The minimum absolute atomic E-state index is 0.0504. The summed E-state index contributed by atoms with van der Waals surface area (Å²) in [5.41, 5.74) is 0.562. The summed E-state index contributed by atoms with van der Waals surface area (Å²) in [5, 5.41) is 12.7. The molecule has 2 N–H and O–H groups in total. The molecule has 1 aliphatic carbocycles. The minimum Gasteiger partial charge on any atom is -0.476 e. The van der Waals surface area contributed by atoms with Crippen molar-refractivity contribution in [2.75, 3.05) is 5.32 Å². The number of nitrogens with one attached hydrogen (secondary N) is 1. The fourth-order valence-corrected chi connectivity index (χ4v) is 2.71. The van der Waals surface area contributed by atoms with Crippen molar-refractivity contribution in [2.45, 2.75) is 64.3 Å². The molecule has 0 unspecified atom stereocenters. The van der Waals surface area contributed by atoms with E-state index in [9.17, 15) is 9.90 Å². The van der Waals surface area contributed by atoms with Gasteiger partial charge >= 0.3 is 5.97 Å². The van der Waals surface area contributed by atoms with Gasteiger partial charge in [-0.25, -0.2) is 14.8 Å². The van der Waals surface area contributed by atoms with Crippen molar-refractivity contribution in [1.82, 2.24) is 9.97 Å². The number of nitrogens with zero attached hydrogens (tertiary/aromatic N) is 2. The van der Waals surface area contributed by atoms with Crippen LogP contribution in [0.4, 0.5) is 5.69 Å². The Kier molecular flexibility index (Phi) is 4.26. The van der Waals surface area contributed by atoms with Crippen LogP contribution in [0.25, 0.3) is 0 Å². The lowest BCUT2D eigenvalue weighted by atomic mass is 9.83. The Hall–Kier alpha value is -1.65. The standard InChI is InChI=1S/C15H23N3O2/c1-10(2)13-16-9-11(12(17-13)14(19)20)18-15(3)7-5-4-6-8-15/h9-10,18H,4-8H2,1-3H3,(H,19,20). The van der Waals surface area contributed by atoms with Crippen molar-refractivity contribution in [3.05, 3.63) is 17.7 Å². The Bertz CT molecular complexity index is 494. The molecule has 5 nitrogen and oxygen atoms in total. The van der Waals surface area contributed by atoms with Gasteiger partial charge in [0.2, 0.25) is 0 Å². The van der Waals surface area contributed by atoms with Crippen LogP contribution in [0, 0.1) is 0 Å². The van der Waals surface area contributed by atoms with Crippen molar-refractivity contribution in [2.24, 2.45) is 0 Å². The number of carbonyl (C=O) groups is 1. The fraction of sp³-hybridized carbons (Fsp3) is 0.667. The monoisotopic (exact) mass is 277 g/mol. The summed E-state index contributed by atoms with van der Waals surface area (Å²) in [7, 11) is 0. The SMILES string of the molecule is CC(C)c1ncc(NC2(C)CCCCC2)c(C(=O)O)n1. The summed E-state index contributed by atoms with van der Waals surface area (Å²) in [6.45, 7) is 6.06. The van der Waals surface area contributed by atoms with E-state index in [2.05, 4.69) is 22.2 Å². The molecule has 0 atom stereocenters. The Morgan fingerprint density at radius 1 is 1.35 bits per heavy atom. The molecule has 110 valence electrons. The predicted octanol–water partition coefficient (Wildman–Crippen LogP) is 3.43. The molecule has 0 aromatic carbocycles. The van der Waals surface area contributed by atoms with Gasteiger partial charge in [0, 0.05) is 11.5 Å². The van der Waals surface area contributed by atoms with Crippen LogP contribution in [-0.2, 0) is 0 Å². The quantitative estimate of drug-likeness (QED) is 0.881. The third kappa shape index (κ3) is 3.26. The van der Waals surface area contributed by atoms with E-state index in [1.165, 1.54) is 19.3 Å². The Morgan fingerprint density at radius 2 is 2.00 bits per heavy atom. The van der Waals surface area contributed by atoms with Gasteiger partial charge in [-0.3, -0.25) is 0 Å². The van der Waals surface area contributed by atoms with Gasteiger partial charge in [0.25, 0.3) is 0 Å². The highest BCUT2D eigenvalue weighted by atomic mass is 16.4. The average molecular weight is 277 g/mol. The maximum atomic E-state index is 11.4. The summed E-state index contributed by atoms with van der Waals surface area (Å²) < 4.78 is 0. The van der Waals surface area contributed by atoms with Crippen molar-refractivity contribution < 1.29 is 9.90 Å². The van der Waals surface area contributed by atoms with E-state index < -0.39 is 5.97 Å². The predicted molar refractivity (Wildman–Crippen MR) is 78.2 cm³/mol. The zero-order valence-corrected chi connectivity index (χ0v) is 12.4. The summed E-state index contributed by atoms with van der Waals surface area (Å²) in [4.78, 5) is 19.9. The molecule has 0 amide bonds. The largest absolute Gasteiger partial charge is 0.476 e. The second kappa shape index (κ2) is 5.77. The van der Waals surface area contributed by atoms with Crippen molar-refractivity contribution in [3.63, 3.8) is 0 Å². The molecule has 0 saturated heterocycles. The second-order valence-corrected chi connectivity index (χ2v) is 6.20. The zero-order valence-electron chi connectivity index (χ0n) is 12.4. The molecule has 1 aromatic heterocycles. The first-order chi connectivity index (χ1) is 9.41. The topological polar surface area (TPSA) is 75.1 Å². The number of carboxylic acids is 1. The van der Waals surface area contributed by atoms with E-state index in [1.54, 1.807) is 6.20 Å². The van der Waals surface area contributed by atoms with Crippen molar-refractivity contribution >= 4 is 11.7 Å². The van der Waals surface area contributed by atoms with Gasteiger partial charge in [0.15, 0.2) is 5.69 Å². The smallest absolute Gasteiger partial charge is 0.356 e. The number of aromatic nitrogens is 2. The third-order valence-corrected chi connectivity index (χ3v) is 3.92. The van der Waals surface area contributed by atoms with Crippen molar-refractivity contribution in [3.8, 4) is 0 Å². The number of hydrogen-bond acceptors (Lipinski definition) is 4. The van der Waals surface area contributed by atoms with Gasteiger partial charge in [-0.15, -0.1) is 0 Å². The van der Waals surface area contributed by atoms with Gasteiger partial charge in [0.1, 0.15) is 5.82 Å². The highest BCUT2D eigenvalue weighted by Gasteiger charge is 2.28. The van der Waals surface area contributed by atoms with E-state index in [0.29, 0.717) is 11.5 Å². The van der Waals surface area contributed by atoms with Crippen LogP contribution in [0.2, 0.25) is 0 Å². The molecular weight excluding hydrogens is 254 g/mol. The molecule has 0 spiro atoms. The number of aromatic carboxylic acids is 1. The van der Waals surface area contributed by atoms with Crippen LogP contribution in [0.1, 0.15) is 75.1 Å². The van der Waals surface area contributed by atoms with Gasteiger partial charge < -0.3 is 10.4 Å². The molecule has 0 bridgehead atoms. The van der Waals surface area contributed by atoms with Gasteiger partial charge in [-0.1, -0.05) is 33.1 Å². The van der Waals surface area contributed by atoms with Crippen LogP contribution in [0.3, 0.4) is 0 Å². The molecule has 1 heterocycles. The molecular formula is C15H23N3O2. The molecule has 0 radical (unpaired) electrons. The first kappa shape index (κ1) is 14.8. The van der Waals surface area contributed by atoms with E-state index in [4.69, 9.17) is 0 Å². The fourth-order valence-electron chi connectivity index (χ4n) is 2.71. The Morgan fingerprint density at radius 3 is 2.55 bits per heavy atom. The molecule has 1 fully saturated rings. The number of carboxylic acid groups (broad SMARTS) is 1. The number of hydrogen-bond donors (Lipinski definition) is 2. The lowest BCUT2D eigenvalue weighted by Gasteiger charge is -2.35.